The zero-order chi connectivity index (χ0) is 14.6. The standard InChI is InChI=1S/C17H29N3/c1-5-8-18-12-14-10-15(6-2)19-16(11-14)20-9-7-17(3,4)13-20/h10-11,18H,5-9,12-13H2,1-4H3. The zero-order valence-electron chi connectivity index (χ0n) is 13.5. The Labute approximate surface area is 123 Å². The molecule has 0 aromatic carbocycles. The lowest BCUT2D eigenvalue weighted by Crippen LogP contribution is -2.24. The summed E-state index contributed by atoms with van der Waals surface area (Å²) in [4.78, 5) is 7.27. The van der Waals surface area contributed by atoms with Gasteiger partial charge >= 0.3 is 0 Å². The van der Waals surface area contributed by atoms with E-state index in [1.54, 1.807) is 0 Å². The number of hydrogen-bond donors (Lipinski definition) is 1. The Kier molecular flexibility index (Phi) is 5.03. The minimum Gasteiger partial charge on any atom is -0.356 e. The average molecular weight is 275 g/mol. The van der Waals surface area contributed by atoms with Crippen LogP contribution in [0.3, 0.4) is 0 Å². The molecule has 20 heavy (non-hydrogen) atoms. The lowest BCUT2D eigenvalue weighted by Gasteiger charge is -2.22. The van der Waals surface area contributed by atoms with E-state index in [0.29, 0.717) is 5.41 Å². The second-order valence-electron chi connectivity index (χ2n) is 6.69. The van der Waals surface area contributed by atoms with Crippen molar-refractivity contribution in [2.24, 2.45) is 5.41 Å². The molecule has 1 aromatic heterocycles. The first-order chi connectivity index (χ1) is 9.54. The highest BCUT2D eigenvalue weighted by Gasteiger charge is 2.30. The molecule has 1 saturated heterocycles. The van der Waals surface area contributed by atoms with Gasteiger partial charge in [0, 0.05) is 25.3 Å². The van der Waals surface area contributed by atoms with Crippen LogP contribution in [0.5, 0.6) is 0 Å². The van der Waals surface area contributed by atoms with E-state index in [0.717, 1.165) is 32.6 Å². The fourth-order valence-corrected chi connectivity index (χ4v) is 2.80. The molecule has 1 fully saturated rings. The molecule has 3 heteroatoms. The van der Waals surface area contributed by atoms with Crippen molar-refractivity contribution in [1.29, 1.82) is 0 Å². The third kappa shape index (κ3) is 3.95. The molecule has 2 rings (SSSR count). The molecule has 112 valence electrons. The average Bonchev–Trinajstić information content (AvgIpc) is 2.79. The van der Waals surface area contributed by atoms with Gasteiger partial charge in [-0.2, -0.15) is 0 Å². The van der Waals surface area contributed by atoms with E-state index < -0.39 is 0 Å². The van der Waals surface area contributed by atoms with Crippen LogP contribution in [-0.4, -0.2) is 24.6 Å². The minimum atomic E-state index is 0.421. The number of pyridine rings is 1. The first-order valence-corrected chi connectivity index (χ1v) is 7.99. The van der Waals surface area contributed by atoms with E-state index in [9.17, 15) is 0 Å². The molecule has 0 atom stereocenters. The predicted octanol–water partition coefficient (Wildman–Crippen LogP) is 3.38. The summed E-state index contributed by atoms with van der Waals surface area (Å²) >= 11 is 0. The fourth-order valence-electron chi connectivity index (χ4n) is 2.80. The second kappa shape index (κ2) is 6.57. The fraction of sp³-hybridized carbons (Fsp3) is 0.706. The van der Waals surface area contributed by atoms with Crippen LogP contribution in [0.15, 0.2) is 12.1 Å². The number of nitrogens with zero attached hydrogens (tertiary/aromatic N) is 2. The van der Waals surface area contributed by atoms with E-state index in [4.69, 9.17) is 4.98 Å². The molecule has 0 radical (unpaired) electrons. The molecule has 3 nitrogen and oxygen atoms in total. The topological polar surface area (TPSA) is 28.2 Å². The minimum absolute atomic E-state index is 0.421. The summed E-state index contributed by atoms with van der Waals surface area (Å²) in [5, 5.41) is 3.49. The lowest BCUT2D eigenvalue weighted by molar-refractivity contribution is 0.418. The number of hydrogen-bond acceptors (Lipinski definition) is 3. The highest BCUT2D eigenvalue weighted by Crippen LogP contribution is 2.32. The smallest absolute Gasteiger partial charge is 0.129 e. The molecule has 1 N–H and O–H groups in total. The SMILES string of the molecule is CCCNCc1cc(CC)nc(N2CCC(C)(C)C2)c1. The quantitative estimate of drug-likeness (QED) is 0.807. The third-order valence-electron chi connectivity index (χ3n) is 4.04. The monoisotopic (exact) mass is 275 g/mol. The van der Waals surface area contributed by atoms with Crippen LogP contribution in [0.2, 0.25) is 0 Å². The molecule has 2 heterocycles. The molecule has 0 bridgehead atoms. The molecule has 0 saturated carbocycles. The number of anilines is 1. The van der Waals surface area contributed by atoms with E-state index in [1.165, 1.54) is 29.9 Å². The van der Waals surface area contributed by atoms with Crippen LogP contribution in [0.1, 0.15) is 51.8 Å². The van der Waals surface area contributed by atoms with Gasteiger partial charge in [0.1, 0.15) is 5.82 Å². The Bertz CT molecular complexity index is 440. The van der Waals surface area contributed by atoms with Crippen LogP contribution in [0.25, 0.3) is 0 Å². The van der Waals surface area contributed by atoms with Crippen molar-refractivity contribution in [2.75, 3.05) is 24.5 Å². The number of aromatic nitrogens is 1. The largest absolute Gasteiger partial charge is 0.356 e. The molecular weight excluding hydrogens is 246 g/mol. The van der Waals surface area contributed by atoms with Gasteiger partial charge in [-0.1, -0.05) is 27.7 Å². The van der Waals surface area contributed by atoms with Crippen molar-refractivity contribution in [1.82, 2.24) is 10.3 Å². The van der Waals surface area contributed by atoms with Crippen LogP contribution in [-0.2, 0) is 13.0 Å². The molecule has 0 amide bonds. The second-order valence-corrected chi connectivity index (χ2v) is 6.69. The van der Waals surface area contributed by atoms with E-state index in [1.807, 2.05) is 0 Å². The highest BCUT2D eigenvalue weighted by molar-refractivity contribution is 5.44. The predicted molar refractivity (Wildman–Crippen MR) is 86.2 cm³/mol. The molecule has 1 aliphatic heterocycles. The van der Waals surface area contributed by atoms with E-state index in [2.05, 4.69) is 50.0 Å². The van der Waals surface area contributed by atoms with Crippen molar-refractivity contribution >= 4 is 5.82 Å². The molecular formula is C17H29N3. The lowest BCUT2D eigenvalue weighted by atomic mass is 9.93. The van der Waals surface area contributed by atoms with Gasteiger partial charge in [-0.05, 0) is 48.9 Å². The Morgan fingerprint density at radius 2 is 2.10 bits per heavy atom. The zero-order valence-corrected chi connectivity index (χ0v) is 13.5. The molecule has 0 unspecified atom stereocenters. The maximum absolute atomic E-state index is 4.83. The van der Waals surface area contributed by atoms with Crippen LogP contribution in [0, 0.1) is 5.41 Å². The van der Waals surface area contributed by atoms with Crippen LogP contribution < -0.4 is 10.2 Å². The number of aryl methyl sites for hydroxylation is 1. The van der Waals surface area contributed by atoms with Gasteiger partial charge in [-0.15, -0.1) is 0 Å². The third-order valence-corrected chi connectivity index (χ3v) is 4.04. The Morgan fingerprint density at radius 1 is 1.30 bits per heavy atom. The maximum atomic E-state index is 4.83. The summed E-state index contributed by atoms with van der Waals surface area (Å²) in [5.41, 5.74) is 3.00. The van der Waals surface area contributed by atoms with Gasteiger partial charge in [0.2, 0.25) is 0 Å². The summed E-state index contributed by atoms with van der Waals surface area (Å²) in [6, 6.07) is 4.51. The summed E-state index contributed by atoms with van der Waals surface area (Å²) in [6.07, 6.45) is 3.44. The molecule has 1 aliphatic rings. The normalized spacial score (nSPS) is 17.7. The van der Waals surface area contributed by atoms with Crippen LogP contribution in [0.4, 0.5) is 5.82 Å². The first kappa shape index (κ1) is 15.3. The Balaban J connectivity index is 2.13. The van der Waals surface area contributed by atoms with Gasteiger partial charge < -0.3 is 10.2 Å². The Hall–Kier alpha value is -1.09. The van der Waals surface area contributed by atoms with Gasteiger partial charge in [-0.25, -0.2) is 4.98 Å². The number of rotatable bonds is 6. The van der Waals surface area contributed by atoms with Gasteiger partial charge in [-0.3, -0.25) is 0 Å². The van der Waals surface area contributed by atoms with E-state index in [-0.39, 0.29) is 0 Å². The van der Waals surface area contributed by atoms with Crippen molar-refractivity contribution in [3.05, 3.63) is 23.4 Å². The summed E-state index contributed by atoms with van der Waals surface area (Å²) in [7, 11) is 0. The van der Waals surface area contributed by atoms with Crippen molar-refractivity contribution in [3.8, 4) is 0 Å². The van der Waals surface area contributed by atoms with Gasteiger partial charge in [0.15, 0.2) is 0 Å². The molecule has 0 aliphatic carbocycles. The molecule has 0 spiro atoms. The summed E-state index contributed by atoms with van der Waals surface area (Å²) < 4.78 is 0. The number of nitrogens with one attached hydrogen (secondary N) is 1. The highest BCUT2D eigenvalue weighted by atomic mass is 15.2. The Morgan fingerprint density at radius 3 is 2.70 bits per heavy atom. The first-order valence-electron chi connectivity index (χ1n) is 7.99. The molecule has 1 aromatic rings. The van der Waals surface area contributed by atoms with Crippen molar-refractivity contribution in [3.63, 3.8) is 0 Å². The summed E-state index contributed by atoms with van der Waals surface area (Å²) in [6.45, 7) is 13.4. The maximum Gasteiger partial charge on any atom is 0.129 e. The van der Waals surface area contributed by atoms with Crippen molar-refractivity contribution < 1.29 is 0 Å². The van der Waals surface area contributed by atoms with Gasteiger partial charge in [0.05, 0.1) is 0 Å². The van der Waals surface area contributed by atoms with Crippen molar-refractivity contribution in [2.45, 2.75) is 53.5 Å². The van der Waals surface area contributed by atoms with Gasteiger partial charge in [0.25, 0.3) is 0 Å². The summed E-state index contributed by atoms with van der Waals surface area (Å²) in [5.74, 6) is 1.17. The van der Waals surface area contributed by atoms with Crippen LogP contribution >= 0.6 is 0 Å². The van der Waals surface area contributed by atoms with E-state index >= 15 is 0 Å².